The van der Waals surface area contributed by atoms with Gasteiger partial charge in [-0.25, -0.2) is 4.98 Å². The fraction of sp³-hybridized carbons (Fsp3) is 0.409. The second-order valence-electron chi connectivity index (χ2n) is 7.78. The van der Waals surface area contributed by atoms with Crippen molar-refractivity contribution in [3.05, 3.63) is 46.4 Å². The molecule has 0 radical (unpaired) electrons. The number of hydrogen-bond donors (Lipinski definition) is 4. The Morgan fingerprint density at radius 3 is 2.80 bits per heavy atom. The minimum absolute atomic E-state index is 0.0242. The van der Waals surface area contributed by atoms with Gasteiger partial charge in [-0.3, -0.25) is 4.79 Å². The van der Waals surface area contributed by atoms with E-state index in [4.69, 9.17) is 10.5 Å². The Kier molecular flexibility index (Phi) is 6.69. The van der Waals surface area contributed by atoms with E-state index in [1.807, 2.05) is 25.1 Å². The summed E-state index contributed by atoms with van der Waals surface area (Å²) in [6, 6.07) is 7.26. The summed E-state index contributed by atoms with van der Waals surface area (Å²) < 4.78 is 5.25. The van der Waals surface area contributed by atoms with Crippen LogP contribution in [0.2, 0.25) is 0 Å². The third-order valence-corrected chi connectivity index (χ3v) is 5.19. The molecule has 1 unspecified atom stereocenters. The van der Waals surface area contributed by atoms with Crippen LogP contribution in [0, 0.1) is 0 Å². The minimum Gasteiger partial charge on any atom is -0.394 e. The quantitative estimate of drug-likeness (QED) is 0.426. The molecule has 0 spiro atoms. The summed E-state index contributed by atoms with van der Waals surface area (Å²) in [6.07, 6.45) is 4.48. The number of nitrogen functional groups attached to an aromatic ring is 1. The molecule has 2 heterocycles. The Bertz CT molecular complexity index is 1080. The number of fused-ring (bicyclic) bond motifs is 1. The second-order valence-corrected chi connectivity index (χ2v) is 7.78. The van der Waals surface area contributed by atoms with Gasteiger partial charge in [-0.1, -0.05) is 25.8 Å². The number of aliphatic hydroxyl groups is 1. The number of aromatic amines is 1. The summed E-state index contributed by atoms with van der Waals surface area (Å²) in [6.45, 7) is 4.43. The first-order chi connectivity index (χ1) is 14.4. The highest BCUT2D eigenvalue weighted by molar-refractivity contribution is 5.93. The second kappa shape index (κ2) is 9.23. The van der Waals surface area contributed by atoms with Gasteiger partial charge >= 0.3 is 0 Å². The first-order valence-corrected chi connectivity index (χ1v) is 10.1. The van der Waals surface area contributed by atoms with Crippen molar-refractivity contribution in [2.24, 2.45) is 0 Å². The van der Waals surface area contributed by atoms with Crippen molar-refractivity contribution in [1.82, 2.24) is 15.0 Å². The van der Waals surface area contributed by atoms with Gasteiger partial charge in [0.25, 0.3) is 0 Å². The van der Waals surface area contributed by atoms with E-state index in [0.717, 1.165) is 41.3 Å². The fourth-order valence-electron chi connectivity index (χ4n) is 3.49. The molecule has 0 bridgehead atoms. The van der Waals surface area contributed by atoms with Crippen molar-refractivity contribution in [2.75, 3.05) is 24.8 Å². The lowest BCUT2D eigenvalue weighted by atomic mass is 9.95. The lowest BCUT2D eigenvalue weighted by molar-refractivity contribution is 0.185. The number of unbranched alkanes of at least 4 members (excludes halogenated alkanes) is 1. The molecule has 1 atom stereocenters. The van der Waals surface area contributed by atoms with Gasteiger partial charge in [0, 0.05) is 30.3 Å². The molecule has 1 aromatic carbocycles. The Labute approximate surface area is 175 Å². The molecule has 0 aliphatic carbocycles. The van der Waals surface area contributed by atoms with Crippen molar-refractivity contribution >= 4 is 22.7 Å². The zero-order valence-electron chi connectivity index (χ0n) is 17.7. The summed E-state index contributed by atoms with van der Waals surface area (Å²) in [4.78, 5) is 23.3. The van der Waals surface area contributed by atoms with Crippen LogP contribution in [0.3, 0.4) is 0 Å². The van der Waals surface area contributed by atoms with E-state index in [9.17, 15) is 9.90 Å². The maximum atomic E-state index is 11.9. The summed E-state index contributed by atoms with van der Waals surface area (Å²) in [5, 5.41) is 14.1. The molecule has 0 saturated carbocycles. The molecule has 3 aromatic rings. The fourth-order valence-corrected chi connectivity index (χ4v) is 3.49. The average molecular weight is 412 g/mol. The SMILES string of the molecule is CCCCC(C)(CO)Nc1nc(N)nc2cc(-c3cc(=O)[nH]cc3COC)ccc12. The standard InChI is InChI=1S/C22H29N5O3/c1-4-5-8-22(2,13-28)27-20-16-7-6-14(9-18(16)25-21(23)26-20)17-10-19(29)24-11-15(17)12-30-3/h6-7,9-11,28H,4-5,8,12-13H2,1-3H3,(H,24,29)(H3,23,25,26,27). The van der Waals surface area contributed by atoms with Crippen LogP contribution in [0.25, 0.3) is 22.0 Å². The number of nitrogens with two attached hydrogens (primary N) is 1. The van der Waals surface area contributed by atoms with Crippen molar-refractivity contribution in [3.63, 3.8) is 0 Å². The summed E-state index contributed by atoms with van der Waals surface area (Å²) in [7, 11) is 1.61. The number of aromatic nitrogens is 3. The Morgan fingerprint density at radius 1 is 1.30 bits per heavy atom. The van der Waals surface area contributed by atoms with E-state index in [1.54, 1.807) is 19.4 Å². The van der Waals surface area contributed by atoms with Crippen molar-refractivity contribution in [2.45, 2.75) is 45.3 Å². The monoisotopic (exact) mass is 411 g/mol. The molecular formula is C22H29N5O3. The van der Waals surface area contributed by atoms with Crippen LogP contribution in [0.15, 0.2) is 35.3 Å². The van der Waals surface area contributed by atoms with E-state index in [-0.39, 0.29) is 18.1 Å². The molecule has 160 valence electrons. The van der Waals surface area contributed by atoms with Crippen LogP contribution < -0.4 is 16.6 Å². The third kappa shape index (κ3) is 4.77. The minimum atomic E-state index is -0.513. The molecule has 0 saturated heterocycles. The predicted molar refractivity (Wildman–Crippen MR) is 119 cm³/mol. The highest BCUT2D eigenvalue weighted by Gasteiger charge is 2.24. The van der Waals surface area contributed by atoms with Crippen LogP contribution in [-0.4, -0.2) is 39.3 Å². The average Bonchev–Trinajstić information content (AvgIpc) is 2.73. The molecule has 3 rings (SSSR count). The molecule has 0 aliphatic heterocycles. The van der Waals surface area contributed by atoms with Crippen molar-refractivity contribution in [3.8, 4) is 11.1 Å². The van der Waals surface area contributed by atoms with Crippen molar-refractivity contribution in [1.29, 1.82) is 0 Å². The molecule has 0 fully saturated rings. The van der Waals surface area contributed by atoms with E-state index < -0.39 is 5.54 Å². The zero-order valence-corrected chi connectivity index (χ0v) is 17.7. The van der Waals surface area contributed by atoms with Gasteiger partial charge in [0.2, 0.25) is 11.5 Å². The maximum Gasteiger partial charge on any atom is 0.248 e. The number of rotatable bonds is 9. The molecular weight excluding hydrogens is 382 g/mol. The summed E-state index contributed by atoms with van der Waals surface area (Å²) >= 11 is 0. The Hall–Kier alpha value is -2.97. The topological polar surface area (TPSA) is 126 Å². The lowest BCUT2D eigenvalue weighted by Gasteiger charge is -2.30. The van der Waals surface area contributed by atoms with Gasteiger partial charge in [-0.05, 0) is 36.6 Å². The number of aliphatic hydroxyl groups excluding tert-OH is 1. The predicted octanol–water partition coefficient (Wildman–Crippen LogP) is 3.07. The zero-order chi connectivity index (χ0) is 21.7. The largest absolute Gasteiger partial charge is 0.394 e. The molecule has 5 N–H and O–H groups in total. The van der Waals surface area contributed by atoms with Crippen LogP contribution in [0.4, 0.5) is 11.8 Å². The molecule has 2 aromatic heterocycles. The molecule has 0 amide bonds. The Morgan fingerprint density at radius 2 is 2.10 bits per heavy atom. The van der Waals surface area contributed by atoms with E-state index in [2.05, 4.69) is 27.2 Å². The van der Waals surface area contributed by atoms with Gasteiger partial charge in [0.15, 0.2) is 0 Å². The molecule has 8 nitrogen and oxygen atoms in total. The van der Waals surface area contributed by atoms with E-state index >= 15 is 0 Å². The first-order valence-electron chi connectivity index (χ1n) is 10.1. The number of ether oxygens (including phenoxy) is 1. The number of nitrogens with zero attached hydrogens (tertiary/aromatic N) is 2. The van der Waals surface area contributed by atoms with Gasteiger partial charge in [-0.15, -0.1) is 0 Å². The number of nitrogens with one attached hydrogen (secondary N) is 2. The van der Waals surface area contributed by atoms with E-state index in [1.165, 1.54) is 0 Å². The van der Waals surface area contributed by atoms with Crippen LogP contribution in [-0.2, 0) is 11.3 Å². The number of anilines is 2. The van der Waals surface area contributed by atoms with Gasteiger partial charge in [-0.2, -0.15) is 4.98 Å². The Balaban J connectivity index is 2.07. The smallest absolute Gasteiger partial charge is 0.248 e. The van der Waals surface area contributed by atoms with Crippen LogP contribution in [0.1, 0.15) is 38.7 Å². The third-order valence-electron chi connectivity index (χ3n) is 5.19. The van der Waals surface area contributed by atoms with Gasteiger partial charge < -0.3 is 25.9 Å². The van der Waals surface area contributed by atoms with Gasteiger partial charge in [0.1, 0.15) is 5.82 Å². The summed E-state index contributed by atoms with van der Waals surface area (Å²) in [5.41, 5.74) is 8.40. The normalized spacial score (nSPS) is 13.3. The molecule has 0 aliphatic rings. The number of H-pyrrole nitrogens is 1. The number of pyridine rings is 1. The summed E-state index contributed by atoms with van der Waals surface area (Å²) in [5.74, 6) is 0.723. The highest BCUT2D eigenvalue weighted by atomic mass is 16.5. The van der Waals surface area contributed by atoms with Gasteiger partial charge in [0.05, 0.1) is 24.3 Å². The number of benzene rings is 1. The van der Waals surface area contributed by atoms with Crippen LogP contribution in [0.5, 0.6) is 0 Å². The van der Waals surface area contributed by atoms with Crippen LogP contribution >= 0.6 is 0 Å². The molecule has 30 heavy (non-hydrogen) atoms. The number of methoxy groups -OCH3 is 1. The lowest BCUT2D eigenvalue weighted by Crippen LogP contribution is -2.39. The highest BCUT2D eigenvalue weighted by Crippen LogP contribution is 2.31. The van der Waals surface area contributed by atoms with E-state index in [0.29, 0.717) is 17.9 Å². The first kappa shape index (κ1) is 21.7. The number of hydrogen-bond acceptors (Lipinski definition) is 7. The van der Waals surface area contributed by atoms with Crippen molar-refractivity contribution < 1.29 is 9.84 Å². The maximum absolute atomic E-state index is 11.9. The molecule has 8 heteroatoms.